The molecule has 1 aromatic rings. The van der Waals surface area contributed by atoms with Gasteiger partial charge < -0.3 is 11.1 Å². The fraction of sp³-hybridized carbons (Fsp3) is 0.583. The topological polar surface area (TPSA) is 50.9 Å². The SMILES string of the molecule is CC1(C)CCC(Nc2nc(Cl)ccc2N)C1. The molecule has 88 valence electrons. The van der Waals surface area contributed by atoms with E-state index in [2.05, 4.69) is 24.1 Å². The zero-order valence-electron chi connectivity index (χ0n) is 9.76. The lowest BCUT2D eigenvalue weighted by molar-refractivity contribution is 0.378. The van der Waals surface area contributed by atoms with Gasteiger partial charge in [-0.2, -0.15) is 0 Å². The molecule has 3 nitrogen and oxygen atoms in total. The molecule has 0 aromatic carbocycles. The molecular weight excluding hydrogens is 222 g/mol. The number of anilines is 2. The van der Waals surface area contributed by atoms with E-state index in [0.29, 0.717) is 22.3 Å². The third-order valence-electron chi connectivity index (χ3n) is 3.20. The molecular formula is C12H18ClN3. The summed E-state index contributed by atoms with van der Waals surface area (Å²) in [5, 5.41) is 3.87. The summed E-state index contributed by atoms with van der Waals surface area (Å²) in [5.41, 5.74) is 6.93. The average Bonchev–Trinajstić information content (AvgIpc) is 2.52. The Kier molecular flexibility index (Phi) is 2.98. The molecule has 1 atom stereocenters. The molecule has 0 radical (unpaired) electrons. The molecule has 4 heteroatoms. The molecule has 3 N–H and O–H groups in total. The Hall–Kier alpha value is -0.960. The highest BCUT2D eigenvalue weighted by molar-refractivity contribution is 6.29. The lowest BCUT2D eigenvalue weighted by atomic mass is 9.92. The van der Waals surface area contributed by atoms with Crippen molar-refractivity contribution in [1.29, 1.82) is 0 Å². The highest BCUT2D eigenvalue weighted by Crippen LogP contribution is 2.38. The van der Waals surface area contributed by atoms with Crippen molar-refractivity contribution in [3.63, 3.8) is 0 Å². The standard InChI is InChI=1S/C12H18ClN3/c1-12(2)6-5-8(7-12)15-11-9(14)3-4-10(13)16-11/h3-4,8H,5-7,14H2,1-2H3,(H,15,16). The zero-order chi connectivity index (χ0) is 11.8. The Morgan fingerprint density at radius 1 is 1.50 bits per heavy atom. The van der Waals surface area contributed by atoms with Gasteiger partial charge in [0.15, 0.2) is 5.82 Å². The fourth-order valence-corrected chi connectivity index (χ4v) is 2.46. The normalized spacial score (nSPS) is 23.3. The van der Waals surface area contributed by atoms with Gasteiger partial charge in [-0.3, -0.25) is 0 Å². The largest absolute Gasteiger partial charge is 0.396 e. The zero-order valence-corrected chi connectivity index (χ0v) is 10.5. The molecule has 2 rings (SSSR count). The highest BCUT2D eigenvalue weighted by Gasteiger charge is 2.31. The number of hydrogen-bond acceptors (Lipinski definition) is 3. The summed E-state index contributed by atoms with van der Waals surface area (Å²) < 4.78 is 0. The summed E-state index contributed by atoms with van der Waals surface area (Å²) in [6.45, 7) is 4.59. The molecule has 1 aliphatic carbocycles. The van der Waals surface area contributed by atoms with Crippen molar-refractivity contribution in [1.82, 2.24) is 4.98 Å². The van der Waals surface area contributed by atoms with E-state index < -0.39 is 0 Å². The third kappa shape index (κ3) is 2.59. The van der Waals surface area contributed by atoms with Gasteiger partial charge >= 0.3 is 0 Å². The summed E-state index contributed by atoms with van der Waals surface area (Å²) in [7, 11) is 0. The van der Waals surface area contributed by atoms with Crippen LogP contribution in [-0.2, 0) is 0 Å². The summed E-state index contributed by atoms with van der Waals surface area (Å²) in [5.74, 6) is 0.718. The summed E-state index contributed by atoms with van der Waals surface area (Å²) >= 11 is 5.85. The predicted octanol–water partition coefficient (Wildman–Crippen LogP) is 3.31. The number of rotatable bonds is 2. The van der Waals surface area contributed by atoms with E-state index in [4.69, 9.17) is 17.3 Å². The van der Waals surface area contributed by atoms with Crippen LogP contribution in [0.1, 0.15) is 33.1 Å². The van der Waals surface area contributed by atoms with Crippen LogP contribution in [0.25, 0.3) is 0 Å². The van der Waals surface area contributed by atoms with Crippen LogP contribution in [0.15, 0.2) is 12.1 Å². The van der Waals surface area contributed by atoms with Crippen LogP contribution in [0.4, 0.5) is 11.5 Å². The number of halogens is 1. The van der Waals surface area contributed by atoms with Crippen LogP contribution in [-0.4, -0.2) is 11.0 Å². The predicted molar refractivity (Wildman–Crippen MR) is 68.7 cm³/mol. The number of pyridine rings is 1. The number of nitrogen functional groups attached to an aromatic ring is 1. The maximum Gasteiger partial charge on any atom is 0.151 e. The Balaban J connectivity index is 2.07. The molecule has 0 spiro atoms. The Labute approximate surface area is 101 Å². The molecule has 1 heterocycles. The summed E-state index contributed by atoms with van der Waals surface area (Å²) in [6.07, 6.45) is 3.56. The minimum absolute atomic E-state index is 0.422. The van der Waals surface area contributed by atoms with Gasteiger partial charge in [0.2, 0.25) is 0 Å². The second-order valence-electron chi connectivity index (χ2n) is 5.32. The number of hydrogen-bond donors (Lipinski definition) is 2. The molecule has 1 fully saturated rings. The number of nitrogens with zero attached hydrogens (tertiary/aromatic N) is 1. The molecule has 0 amide bonds. The van der Waals surface area contributed by atoms with E-state index in [1.54, 1.807) is 12.1 Å². The van der Waals surface area contributed by atoms with Crippen molar-refractivity contribution in [2.75, 3.05) is 11.1 Å². The van der Waals surface area contributed by atoms with Gasteiger partial charge in [0, 0.05) is 6.04 Å². The number of nitrogens with two attached hydrogens (primary N) is 1. The molecule has 0 aliphatic heterocycles. The van der Waals surface area contributed by atoms with Crippen molar-refractivity contribution in [3.8, 4) is 0 Å². The molecule has 1 unspecified atom stereocenters. The number of aromatic nitrogens is 1. The van der Waals surface area contributed by atoms with Gasteiger partial charge in [-0.05, 0) is 36.8 Å². The van der Waals surface area contributed by atoms with Crippen molar-refractivity contribution >= 4 is 23.1 Å². The Morgan fingerprint density at radius 3 is 2.88 bits per heavy atom. The number of nitrogens with one attached hydrogen (secondary N) is 1. The monoisotopic (exact) mass is 239 g/mol. The third-order valence-corrected chi connectivity index (χ3v) is 3.41. The minimum Gasteiger partial charge on any atom is -0.396 e. The highest BCUT2D eigenvalue weighted by atomic mass is 35.5. The second kappa shape index (κ2) is 4.13. The van der Waals surface area contributed by atoms with Crippen molar-refractivity contribution in [2.45, 2.75) is 39.2 Å². The minimum atomic E-state index is 0.422. The second-order valence-corrected chi connectivity index (χ2v) is 5.71. The molecule has 1 saturated carbocycles. The van der Waals surface area contributed by atoms with Crippen LogP contribution >= 0.6 is 11.6 Å². The van der Waals surface area contributed by atoms with E-state index >= 15 is 0 Å². The lowest BCUT2D eigenvalue weighted by Crippen LogP contribution is -2.19. The first-order valence-electron chi connectivity index (χ1n) is 5.65. The summed E-state index contributed by atoms with van der Waals surface area (Å²) in [6, 6.07) is 3.96. The quantitative estimate of drug-likeness (QED) is 0.779. The molecule has 1 aliphatic rings. The van der Waals surface area contributed by atoms with E-state index in [-0.39, 0.29) is 0 Å². The van der Waals surface area contributed by atoms with E-state index in [1.807, 2.05) is 0 Å². The van der Waals surface area contributed by atoms with Gasteiger partial charge in [-0.25, -0.2) is 4.98 Å². The van der Waals surface area contributed by atoms with E-state index in [1.165, 1.54) is 12.8 Å². The molecule has 0 saturated heterocycles. The van der Waals surface area contributed by atoms with Crippen molar-refractivity contribution in [2.24, 2.45) is 5.41 Å². The first-order chi connectivity index (χ1) is 7.46. The van der Waals surface area contributed by atoms with E-state index in [0.717, 1.165) is 12.2 Å². The van der Waals surface area contributed by atoms with Gasteiger partial charge in [0.1, 0.15) is 5.15 Å². The van der Waals surface area contributed by atoms with Crippen molar-refractivity contribution < 1.29 is 0 Å². The maximum absolute atomic E-state index is 5.85. The van der Waals surface area contributed by atoms with Crippen LogP contribution in [0.2, 0.25) is 5.15 Å². The summed E-state index contributed by atoms with van der Waals surface area (Å²) in [4.78, 5) is 4.21. The fourth-order valence-electron chi connectivity index (χ4n) is 2.31. The van der Waals surface area contributed by atoms with Gasteiger partial charge in [0.05, 0.1) is 5.69 Å². The average molecular weight is 240 g/mol. The van der Waals surface area contributed by atoms with Crippen LogP contribution in [0.5, 0.6) is 0 Å². The maximum atomic E-state index is 5.85. The van der Waals surface area contributed by atoms with Gasteiger partial charge in [0.25, 0.3) is 0 Å². The molecule has 0 bridgehead atoms. The van der Waals surface area contributed by atoms with E-state index in [9.17, 15) is 0 Å². The van der Waals surface area contributed by atoms with Crippen LogP contribution in [0.3, 0.4) is 0 Å². The van der Waals surface area contributed by atoms with Gasteiger partial charge in [-0.1, -0.05) is 25.4 Å². The van der Waals surface area contributed by atoms with Crippen LogP contribution in [0, 0.1) is 5.41 Å². The van der Waals surface area contributed by atoms with Crippen LogP contribution < -0.4 is 11.1 Å². The Bertz CT molecular complexity index is 390. The molecule has 16 heavy (non-hydrogen) atoms. The van der Waals surface area contributed by atoms with Crippen molar-refractivity contribution in [3.05, 3.63) is 17.3 Å². The Morgan fingerprint density at radius 2 is 2.25 bits per heavy atom. The smallest absolute Gasteiger partial charge is 0.151 e. The lowest BCUT2D eigenvalue weighted by Gasteiger charge is -2.18. The molecule has 1 aromatic heterocycles. The first-order valence-corrected chi connectivity index (χ1v) is 6.03. The first kappa shape index (κ1) is 11.5. The van der Waals surface area contributed by atoms with Gasteiger partial charge in [-0.15, -0.1) is 0 Å².